The second-order valence-electron chi connectivity index (χ2n) is 4.63. The smallest absolute Gasteiger partial charge is 0.272 e. The molecule has 18 heavy (non-hydrogen) atoms. The number of nitrogens with zero attached hydrogens (tertiary/aromatic N) is 1. The summed E-state index contributed by atoms with van der Waals surface area (Å²) in [6, 6.07) is 4.42. The number of nitrogens with one attached hydrogen (secondary N) is 1. The van der Waals surface area contributed by atoms with Gasteiger partial charge in [-0.05, 0) is 31.9 Å². The Bertz CT molecular complexity index is 512. The Kier molecular flexibility index (Phi) is 3.38. The number of halogens is 1. The molecule has 0 unspecified atom stereocenters. The van der Waals surface area contributed by atoms with Crippen LogP contribution >= 0.6 is 15.9 Å². The van der Waals surface area contributed by atoms with Gasteiger partial charge in [-0.3, -0.25) is 14.9 Å². The van der Waals surface area contributed by atoms with Gasteiger partial charge in [-0.25, -0.2) is 0 Å². The summed E-state index contributed by atoms with van der Waals surface area (Å²) in [6.45, 7) is 1.63. The molecule has 5 nitrogen and oxygen atoms in total. The number of alkyl halides is 1. The predicted octanol–water partition coefficient (Wildman–Crippen LogP) is 2.56. The first-order valence-corrected chi connectivity index (χ1v) is 6.73. The quantitative estimate of drug-likeness (QED) is 0.527. The van der Waals surface area contributed by atoms with Gasteiger partial charge >= 0.3 is 0 Å². The van der Waals surface area contributed by atoms with Crippen LogP contribution in [-0.2, 0) is 0 Å². The molecule has 1 saturated carbocycles. The van der Waals surface area contributed by atoms with Crippen LogP contribution < -0.4 is 5.32 Å². The molecule has 0 atom stereocenters. The molecule has 0 heterocycles. The fraction of sp³-hybridized carbons (Fsp3) is 0.417. The summed E-state index contributed by atoms with van der Waals surface area (Å²) in [5.41, 5.74) is 0.877. The van der Waals surface area contributed by atoms with E-state index in [-0.39, 0.29) is 17.1 Å². The number of nitro benzene ring substituents is 1. The lowest BCUT2D eigenvalue weighted by molar-refractivity contribution is -0.385. The normalized spacial score (nSPS) is 16.1. The number of nitro groups is 1. The van der Waals surface area contributed by atoms with Crippen molar-refractivity contribution in [2.75, 3.05) is 5.33 Å². The van der Waals surface area contributed by atoms with Crippen LogP contribution in [0.1, 0.15) is 28.8 Å². The third kappa shape index (κ3) is 2.53. The minimum absolute atomic E-state index is 0.0353. The first kappa shape index (κ1) is 13.0. The maximum Gasteiger partial charge on any atom is 0.272 e. The number of hydrogen-bond acceptors (Lipinski definition) is 3. The van der Waals surface area contributed by atoms with Crippen molar-refractivity contribution in [1.82, 2.24) is 5.32 Å². The maximum atomic E-state index is 12.0. The van der Waals surface area contributed by atoms with Crippen molar-refractivity contribution in [3.63, 3.8) is 0 Å². The fourth-order valence-electron chi connectivity index (χ4n) is 1.76. The summed E-state index contributed by atoms with van der Waals surface area (Å²) < 4.78 is 0. The minimum atomic E-state index is -0.447. The zero-order chi connectivity index (χ0) is 13.3. The van der Waals surface area contributed by atoms with Gasteiger partial charge in [0.1, 0.15) is 0 Å². The molecule has 96 valence electrons. The molecule has 1 aromatic rings. The number of hydrogen-bond donors (Lipinski definition) is 1. The minimum Gasteiger partial charge on any atom is -0.346 e. The molecule has 0 aromatic heterocycles. The molecular formula is C12H13BrN2O3. The van der Waals surface area contributed by atoms with Crippen molar-refractivity contribution in [3.8, 4) is 0 Å². The van der Waals surface area contributed by atoms with Gasteiger partial charge in [0.15, 0.2) is 0 Å². The highest BCUT2D eigenvalue weighted by molar-refractivity contribution is 9.09. The van der Waals surface area contributed by atoms with Crippen molar-refractivity contribution in [2.24, 2.45) is 0 Å². The summed E-state index contributed by atoms with van der Waals surface area (Å²) >= 11 is 3.38. The van der Waals surface area contributed by atoms with E-state index >= 15 is 0 Å². The Labute approximate surface area is 113 Å². The second-order valence-corrected chi connectivity index (χ2v) is 5.19. The van der Waals surface area contributed by atoms with E-state index in [0.29, 0.717) is 11.1 Å². The molecule has 1 amide bonds. The molecular weight excluding hydrogens is 300 g/mol. The highest BCUT2D eigenvalue weighted by Gasteiger charge is 2.43. The molecule has 1 aromatic carbocycles. The molecule has 0 aliphatic heterocycles. The van der Waals surface area contributed by atoms with Crippen LogP contribution in [-0.4, -0.2) is 21.7 Å². The number of amides is 1. The zero-order valence-corrected chi connectivity index (χ0v) is 11.5. The van der Waals surface area contributed by atoms with Gasteiger partial charge in [0, 0.05) is 22.5 Å². The average molecular weight is 313 g/mol. The van der Waals surface area contributed by atoms with Crippen LogP contribution in [0.4, 0.5) is 5.69 Å². The van der Waals surface area contributed by atoms with Crippen molar-refractivity contribution in [2.45, 2.75) is 25.3 Å². The van der Waals surface area contributed by atoms with Crippen LogP contribution in [0.3, 0.4) is 0 Å². The molecule has 1 aliphatic carbocycles. The summed E-state index contributed by atoms with van der Waals surface area (Å²) in [7, 11) is 0. The summed E-state index contributed by atoms with van der Waals surface area (Å²) in [4.78, 5) is 22.2. The first-order chi connectivity index (χ1) is 8.47. The van der Waals surface area contributed by atoms with E-state index in [1.54, 1.807) is 13.0 Å². The largest absolute Gasteiger partial charge is 0.346 e. The number of aryl methyl sites for hydroxylation is 1. The van der Waals surface area contributed by atoms with Gasteiger partial charge < -0.3 is 5.32 Å². The zero-order valence-electron chi connectivity index (χ0n) is 9.90. The number of rotatable bonds is 4. The molecule has 0 spiro atoms. The molecule has 1 fully saturated rings. The second kappa shape index (κ2) is 4.68. The van der Waals surface area contributed by atoms with Gasteiger partial charge in [-0.2, -0.15) is 0 Å². The Balaban J connectivity index is 2.16. The third-order valence-electron chi connectivity index (χ3n) is 3.14. The van der Waals surface area contributed by atoms with Crippen molar-refractivity contribution < 1.29 is 9.72 Å². The Morgan fingerprint density at radius 1 is 1.56 bits per heavy atom. The first-order valence-electron chi connectivity index (χ1n) is 5.61. The van der Waals surface area contributed by atoms with E-state index in [2.05, 4.69) is 21.2 Å². The van der Waals surface area contributed by atoms with Crippen molar-refractivity contribution >= 4 is 27.5 Å². The molecule has 0 saturated heterocycles. The van der Waals surface area contributed by atoms with E-state index in [0.717, 1.165) is 18.2 Å². The summed E-state index contributed by atoms with van der Waals surface area (Å²) in [5, 5.41) is 14.4. The predicted molar refractivity (Wildman–Crippen MR) is 71.1 cm³/mol. The Hall–Kier alpha value is -1.43. The van der Waals surface area contributed by atoms with Crippen LogP contribution in [0.15, 0.2) is 18.2 Å². The van der Waals surface area contributed by atoms with E-state index < -0.39 is 4.92 Å². The fourth-order valence-corrected chi connectivity index (χ4v) is 2.46. The van der Waals surface area contributed by atoms with Crippen molar-refractivity contribution in [3.05, 3.63) is 39.4 Å². The lowest BCUT2D eigenvalue weighted by atomic mass is 10.1. The van der Waals surface area contributed by atoms with E-state index in [9.17, 15) is 14.9 Å². The highest BCUT2D eigenvalue weighted by atomic mass is 79.9. The molecule has 1 N–H and O–H groups in total. The van der Waals surface area contributed by atoms with Gasteiger partial charge in [0.2, 0.25) is 0 Å². The molecule has 0 bridgehead atoms. The topological polar surface area (TPSA) is 72.2 Å². The van der Waals surface area contributed by atoms with E-state index in [1.807, 2.05) is 0 Å². The van der Waals surface area contributed by atoms with Gasteiger partial charge in [-0.15, -0.1) is 0 Å². The summed E-state index contributed by atoms with van der Waals surface area (Å²) in [6.07, 6.45) is 1.94. The van der Waals surface area contributed by atoms with Gasteiger partial charge in [-0.1, -0.05) is 15.9 Å². The standard InChI is InChI=1S/C12H13BrN2O3/c1-8-6-9(2-3-10(8)15(17)18)11(16)14-12(7-13)4-5-12/h2-3,6H,4-5,7H2,1H3,(H,14,16). The number of carbonyl (C=O) groups is 1. The highest BCUT2D eigenvalue weighted by Crippen LogP contribution is 2.37. The van der Waals surface area contributed by atoms with Gasteiger partial charge in [0.25, 0.3) is 11.6 Å². The van der Waals surface area contributed by atoms with Gasteiger partial charge in [0.05, 0.1) is 10.5 Å². The molecule has 0 radical (unpaired) electrons. The lowest BCUT2D eigenvalue weighted by Crippen LogP contribution is -2.38. The number of benzene rings is 1. The average Bonchev–Trinajstić information content (AvgIpc) is 3.09. The summed E-state index contributed by atoms with van der Waals surface area (Å²) in [5.74, 6) is -0.176. The van der Waals surface area contributed by atoms with E-state index in [1.165, 1.54) is 12.1 Å². The number of carbonyl (C=O) groups excluding carboxylic acids is 1. The van der Waals surface area contributed by atoms with Crippen LogP contribution in [0.2, 0.25) is 0 Å². The van der Waals surface area contributed by atoms with Crippen LogP contribution in [0, 0.1) is 17.0 Å². The molecule has 2 rings (SSSR count). The maximum absolute atomic E-state index is 12.0. The Morgan fingerprint density at radius 3 is 2.67 bits per heavy atom. The van der Waals surface area contributed by atoms with Crippen molar-refractivity contribution in [1.29, 1.82) is 0 Å². The third-order valence-corrected chi connectivity index (χ3v) is 4.22. The van der Waals surface area contributed by atoms with Crippen LogP contribution in [0.5, 0.6) is 0 Å². The molecule has 1 aliphatic rings. The monoisotopic (exact) mass is 312 g/mol. The van der Waals surface area contributed by atoms with E-state index in [4.69, 9.17) is 0 Å². The SMILES string of the molecule is Cc1cc(C(=O)NC2(CBr)CC2)ccc1[N+](=O)[O-]. The molecule has 6 heteroatoms. The van der Waals surface area contributed by atoms with Crippen LogP contribution in [0.25, 0.3) is 0 Å². The Morgan fingerprint density at radius 2 is 2.22 bits per heavy atom. The lowest BCUT2D eigenvalue weighted by Gasteiger charge is -2.14.